The number of carboxylic acids is 2. The summed E-state index contributed by atoms with van der Waals surface area (Å²) in [4.78, 5) is 30.8. The van der Waals surface area contributed by atoms with E-state index in [0.717, 1.165) is 0 Å². The molecule has 2 N–H and O–H groups in total. The van der Waals surface area contributed by atoms with Gasteiger partial charge in [0.05, 0.1) is 0 Å². The average molecular weight is 265 g/mol. The van der Waals surface area contributed by atoms with Crippen molar-refractivity contribution in [3.8, 4) is 0 Å². The third kappa shape index (κ3) is 2.76. The Morgan fingerprint density at radius 2 is 1.95 bits per heavy atom. The first-order valence-electron chi connectivity index (χ1n) is 5.33. The van der Waals surface area contributed by atoms with Crippen molar-refractivity contribution < 1.29 is 19.8 Å². The summed E-state index contributed by atoms with van der Waals surface area (Å²) >= 11 is 0. The van der Waals surface area contributed by atoms with Crippen LogP contribution in [0.4, 0.5) is 5.82 Å². The number of anilines is 1. The van der Waals surface area contributed by atoms with Gasteiger partial charge >= 0.3 is 11.9 Å². The lowest BCUT2D eigenvalue weighted by Gasteiger charge is -2.21. The predicted octanol–water partition coefficient (Wildman–Crippen LogP) is -0.592. The highest BCUT2D eigenvalue weighted by Gasteiger charge is 2.18. The van der Waals surface area contributed by atoms with Gasteiger partial charge in [-0.15, -0.1) is 0 Å². The summed E-state index contributed by atoms with van der Waals surface area (Å²) in [6.07, 6.45) is 1.27. The zero-order valence-electron chi connectivity index (χ0n) is 10.0. The second-order valence-electron chi connectivity index (χ2n) is 3.87. The molecule has 19 heavy (non-hydrogen) atoms. The molecule has 100 valence electrons. The molecule has 0 unspecified atom stereocenters. The van der Waals surface area contributed by atoms with Crippen molar-refractivity contribution in [2.24, 2.45) is 0 Å². The predicted molar refractivity (Wildman–Crippen MR) is 63.0 cm³/mol. The van der Waals surface area contributed by atoms with Crippen molar-refractivity contribution in [1.82, 2.24) is 19.6 Å². The van der Waals surface area contributed by atoms with E-state index < -0.39 is 25.0 Å². The summed E-state index contributed by atoms with van der Waals surface area (Å²) in [5, 5.41) is 21.6. The molecular formula is C10H11N5O4. The highest BCUT2D eigenvalue weighted by Crippen LogP contribution is 2.15. The van der Waals surface area contributed by atoms with E-state index in [-0.39, 0.29) is 5.78 Å². The number of hydrogen-bond acceptors (Lipinski definition) is 6. The molecule has 0 aliphatic heterocycles. The zero-order chi connectivity index (χ0) is 14.0. The number of aromatic nitrogens is 4. The minimum atomic E-state index is -1.14. The normalized spacial score (nSPS) is 10.6. The topological polar surface area (TPSA) is 121 Å². The van der Waals surface area contributed by atoms with Gasteiger partial charge in [0.25, 0.3) is 5.78 Å². The number of carbonyl (C=O) groups is 2. The van der Waals surface area contributed by atoms with E-state index in [0.29, 0.717) is 11.5 Å². The second kappa shape index (κ2) is 4.88. The van der Waals surface area contributed by atoms with Crippen molar-refractivity contribution in [1.29, 1.82) is 0 Å². The third-order valence-corrected chi connectivity index (χ3v) is 2.34. The first kappa shape index (κ1) is 12.7. The van der Waals surface area contributed by atoms with E-state index in [4.69, 9.17) is 10.2 Å². The molecule has 2 rings (SSSR count). The SMILES string of the molecule is Cc1cc(N(CC(=O)O)CC(=O)O)n2ncnc2n1. The van der Waals surface area contributed by atoms with Gasteiger partial charge in [-0.1, -0.05) is 0 Å². The zero-order valence-corrected chi connectivity index (χ0v) is 10.0. The van der Waals surface area contributed by atoms with Gasteiger partial charge in [0.15, 0.2) is 0 Å². The molecule has 0 saturated carbocycles. The van der Waals surface area contributed by atoms with E-state index in [1.165, 1.54) is 15.7 Å². The molecule has 2 heterocycles. The molecule has 9 heteroatoms. The highest BCUT2D eigenvalue weighted by molar-refractivity contribution is 5.79. The fourth-order valence-corrected chi connectivity index (χ4v) is 1.68. The van der Waals surface area contributed by atoms with Crippen LogP contribution in [0.3, 0.4) is 0 Å². The molecular weight excluding hydrogens is 254 g/mol. The Morgan fingerprint density at radius 1 is 1.32 bits per heavy atom. The summed E-state index contributed by atoms with van der Waals surface area (Å²) in [7, 11) is 0. The van der Waals surface area contributed by atoms with Crippen molar-refractivity contribution in [3.63, 3.8) is 0 Å². The molecule has 0 aromatic carbocycles. The van der Waals surface area contributed by atoms with Gasteiger partial charge in [-0.3, -0.25) is 9.59 Å². The van der Waals surface area contributed by atoms with Gasteiger partial charge < -0.3 is 15.1 Å². The molecule has 0 fully saturated rings. The van der Waals surface area contributed by atoms with E-state index in [1.54, 1.807) is 13.0 Å². The van der Waals surface area contributed by atoms with Crippen LogP contribution >= 0.6 is 0 Å². The number of rotatable bonds is 5. The molecule has 0 bridgehead atoms. The van der Waals surface area contributed by atoms with Crippen LogP contribution in [-0.4, -0.2) is 54.8 Å². The number of fused-ring (bicyclic) bond motifs is 1. The Morgan fingerprint density at radius 3 is 2.53 bits per heavy atom. The fraction of sp³-hybridized carbons (Fsp3) is 0.300. The maximum atomic E-state index is 10.8. The van der Waals surface area contributed by atoms with Crippen LogP contribution in [-0.2, 0) is 9.59 Å². The van der Waals surface area contributed by atoms with E-state index in [1.807, 2.05) is 0 Å². The van der Waals surface area contributed by atoms with Gasteiger partial charge in [0.1, 0.15) is 25.2 Å². The van der Waals surface area contributed by atoms with Crippen molar-refractivity contribution >= 4 is 23.5 Å². The Hall–Kier alpha value is -2.71. The largest absolute Gasteiger partial charge is 0.480 e. The van der Waals surface area contributed by atoms with Crippen molar-refractivity contribution in [2.45, 2.75) is 6.92 Å². The maximum absolute atomic E-state index is 10.8. The molecule has 0 amide bonds. The van der Waals surface area contributed by atoms with E-state index >= 15 is 0 Å². The Bertz CT molecular complexity index is 622. The van der Waals surface area contributed by atoms with Crippen LogP contribution < -0.4 is 4.90 Å². The van der Waals surface area contributed by atoms with Crippen molar-refractivity contribution in [2.75, 3.05) is 18.0 Å². The van der Waals surface area contributed by atoms with Gasteiger partial charge in [0.2, 0.25) is 0 Å². The Labute approximate surface area is 107 Å². The van der Waals surface area contributed by atoms with Crippen LogP contribution in [0.1, 0.15) is 5.69 Å². The number of hydrogen-bond donors (Lipinski definition) is 2. The molecule has 0 spiro atoms. The van der Waals surface area contributed by atoms with Gasteiger partial charge in [-0.05, 0) is 6.92 Å². The number of aliphatic carboxylic acids is 2. The standard InChI is InChI=1S/C10H11N5O4/c1-6-2-7(15-10(13-6)11-5-12-15)14(3-8(16)17)4-9(18)19/h2,5H,3-4H2,1H3,(H,16,17)(H,18,19). The smallest absolute Gasteiger partial charge is 0.323 e. The Kier molecular flexibility index (Phi) is 3.27. The lowest BCUT2D eigenvalue weighted by atomic mass is 10.3. The van der Waals surface area contributed by atoms with E-state index in [9.17, 15) is 9.59 Å². The maximum Gasteiger partial charge on any atom is 0.323 e. The summed E-state index contributed by atoms with van der Waals surface area (Å²) in [6, 6.07) is 1.56. The average Bonchev–Trinajstić information content (AvgIpc) is 2.73. The second-order valence-corrected chi connectivity index (χ2v) is 3.87. The lowest BCUT2D eigenvalue weighted by Crippen LogP contribution is -2.36. The van der Waals surface area contributed by atoms with Crippen LogP contribution in [0.15, 0.2) is 12.4 Å². The highest BCUT2D eigenvalue weighted by atomic mass is 16.4. The van der Waals surface area contributed by atoms with E-state index in [2.05, 4.69) is 15.1 Å². The summed E-state index contributed by atoms with van der Waals surface area (Å²) in [6.45, 7) is 0.799. The molecule has 2 aromatic rings. The molecule has 0 aliphatic rings. The minimum Gasteiger partial charge on any atom is -0.480 e. The summed E-state index contributed by atoms with van der Waals surface area (Å²) in [5.74, 6) is -1.66. The fourth-order valence-electron chi connectivity index (χ4n) is 1.68. The van der Waals surface area contributed by atoms with Gasteiger partial charge in [0, 0.05) is 11.8 Å². The van der Waals surface area contributed by atoms with Crippen LogP contribution in [0.2, 0.25) is 0 Å². The first-order chi connectivity index (χ1) is 8.97. The molecule has 0 saturated heterocycles. The molecule has 9 nitrogen and oxygen atoms in total. The van der Waals surface area contributed by atoms with Crippen LogP contribution in [0.5, 0.6) is 0 Å². The lowest BCUT2D eigenvalue weighted by molar-refractivity contribution is -0.136. The monoisotopic (exact) mass is 265 g/mol. The van der Waals surface area contributed by atoms with Crippen LogP contribution in [0.25, 0.3) is 5.78 Å². The molecule has 0 atom stereocenters. The van der Waals surface area contributed by atoms with Crippen LogP contribution in [0, 0.1) is 6.92 Å². The summed E-state index contributed by atoms with van der Waals surface area (Å²) in [5.41, 5.74) is 0.594. The first-order valence-corrected chi connectivity index (χ1v) is 5.33. The minimum absolute atomic E-state index is 0.288. The number of nitrogens with zero attached hydrogens (tertiary/aromatic N) is 5. The van der Waals surface area contributed by atoms with Gasteiger partial charge in [-0.2, -0.15) is 14.6 Å². The van der Waals surface area contributed by atoms with Gasteiger partial charge in [-0.25, -0.2) is 4.98 Å². The number of aryl methyl sites for hydroxylation is 1. The molecule has 2 aromatic heterocycles. The molecule has 0 radical (unpaired) electrons. The molecule has 0 aliphatic carbocycles. The summed E-state index contributed by atoms with van der Waals surface area (Å²) < 4.78 is 1.30. The van der Waals surface area contributed by atoms with Crippen molar-refractivity contribution in [3.05, 3.63) is 18.1 Å². The number of carboxylic acid groups (broad SMARTS) is 2. The third-order valence-electron chi connectivity index (χ3n) is 2.34. The Balaban J connectivity index is 2.50. The quantitative estimate of drug-likeness (QED) is 0.735.